The predicted molar refractivity (Wildman–Crippen MR) is 107 cm³/mol. The Morgan fingerprint density at radius 3 is 2.41 bits per heavy atom. The average molecular weight is 385 g/mol. The van der Waals surface area contributed by atoms with Crippen LogP contribution in [0.5, 0.6) is 0 Å². The number of fused-ring (bicyclic) bond motifs is 2. The van der Waals surface area contributed by atoms with Crippen LogP contribution >= 0.6 is 0 Å². The lowest BCUT2D eigenvalue weighted by atomic mass is 9.75. The quantitative estimate of drug-likeness (QED) is 0.797. The fraction of sp³-hybridized carbons (Fsp3) is 0.208. The first-order chi connectivity index (χ1) is 14.1. The molecule has 5 rings (SSSR count). The fourth-order valence-electron chi connectivity index (χ4n) is 4.60. The molecule has 0 radical (unpaired) electrons. The van der Waals surface area contributed by atoms with E-state index in [4.69, 9.17) is 4.74 Å². The Balaban J connectivity index is 1.68. The number of nitrogens with one attached hydrogen (secondary N) is 1. The molecular weight excluding hydrogens is 366 g/mol. The van der Waals surface area contributed by atoms with Gasteiger partial charge >= 0.3 is 5.97 Å². The monoisotopic (exact) mass is 385 g/mol. The SMILES string of the molecule is COC(=O)c1ccc(C2C3=C(CCCC3=O)NC3=C2C(=O)c2ccccc23)cc1. The Kier molecular flexibility index (Phi) is 3.98. The van der Waals surface area contributed by atoms with E-state index in [-0.39, 0.29) is 11.6 Å². The number of ether oxygens (including phenoxy) is 1. The third-order valence-corrected chi connectivity index (χ3v) is 5.93. The van der Waals surface area contributed by atoms with Gasteiger partial charge in [-0.3, -0.25) is 9.59 Å². The molecule has 0 saturated carbocycles. The average Bonchev–Trinajstić information content (AvgIpc) is 3.04. The van der Waals surface area contributed by atoms with Crippen molar-refractivity contribution in [1.29, 1.82) is 0 Å². The molecule has 5 nitrogen and oxygen atoms in total. The Bertz CT molecular complexity index is 1140. The van der Waals surface area contributed by atoms with E-state index < -0.39 is 11.9 Å². The molecule has 2 aliphatic carbocycles. The van der Waals surface area contributed by atoms with Crippen LogP contribution in [0.4, 0.5) is 0 Å². The number of carbonyl (C=O) groups excluding carboxylic acids is 3. The zero-order valence-corrected chi connectivity index (χ0v) is 16.0. The number of ketones is 2. The highest BCUT2D eigenvalue weighted by Gasteiger charge is 2.43. The van der Waals surface area contributed by atoms with Crippen LogP contribution in [0.15, 0.2) is 65.4 Å². The first kappa shape index (κ1) is 17.6. The van der Waals surface area contributed by atoms with E-state index in [1.165, 1.54) is 7.11 Å². The van der Waals surface area contributed by atoms with E-state index >= 15 is 0 Å². The van der Waals surface area contributed by atoms with Gasteiger partial charge < -0.3 is 10.1 Å². The number of benzene rings is 2. The summed E-state index contributed by atoms with van der Waals surface area (Å²) in [7, 11) is 1.34. The van der Waals surface area contributed by atoms with Gasteiger partial charge in [-0.25, -0.2) is 4.79 Å². The molecule has 0 aromatic heterocycles. The summed E-state index contributed by atoms with van der Waals surface area (Å²) in [5.41, 5.74) is 5.82. The molecule has 0 bridgehead atoms. The summed E-state index contributed by atoms with van der Waals surface area (Å²) in [4.78, 5) is 38.0. The number of carbonyl (C=O) groups is 3. The van der Waals surface area contributed by atoms with Crippen LogP contribution in [-0.2, 0) is 9.53 Å². The highest BCUT2D eigenvalue weighted by atomic mass is 16.5. The van der Waals surface area contributed by atoms with E-state index in [0.29, 0.717) is 28.7 Å². The van der Waals surface area contributed by atoms with E-state index in [0.717, 1.165) is 35.4 Å². The van der Waals surface area contributed by atoms with E-state index in [1.54, 1.807) is 12.1 Å². The topological polar surface area (TPSA) is 72.5 Å². The van der Waals surface area contributed by atoms with Gasteiger partial charge in [0.15, 0.2) is 11.6 Å². The van der Waals surface area contributed by atoms with Crippen LogP contribution < -0.4 is 5.32 Å². The van der Waals surface area contributed by atoms with Crippen molar-refractivity contribution in [3.63, 3.8) is 0 Å². The standard InChI is InChI=1S/C24H19NO4/c1-29-24(28)14-11-9-13(10-12-14)19-20-17(7-4-8-18(20)26)25-22-15-5-2-3-6-16(15)23(27)21(19)22/h2-3,5-6,9-12,19,25H,4,7-8H2,1H3. The molecule has 144 valence electrons. The molecule has 1 unspecified atom stereocenters. The van der Waals surface area contributed by atoms with Crippen molar-refractivity contribution in [3.05, 3.63) is 87.6 Å². The molecular formula is C24H19NO4. The summed E-state index contributed by atoms with van der Waals surface area (Å²) < 4.78 is 4.78. The second kappa shape index (κ2) is 6.55. The summed E-state index contributed by atoms with van der Waals surface area (Å²) in [5.74, 6) is -0.813. The summed E-state index contributed by atoms with van der Waals surface area (Å²) >= 11 is 0. The Hall–Kier alpha value is -3.47. The Morgan fingerprint density at radius 2 is 1.69 bits per heavy atom. The zero-order valence-electron chi connectivity index (χ0n) is 16.0. The maximum Gasteiger partial charge on any atom is 0.337 e. The first-order valence-corrected chi connectivity index (χ1v) is 9.70. The normalized spacial score (nSPS) is 20.1. The van der Waals surface area contributed by atoms with Gasteiger partial charge in [0.05, 0.1) is 18.4 Å². The predicted octanol–water partition coefficient (Wildman–Crippen LogP) is 3.77. The summed E-state index contributed by atoms with van der Waals surface area (Å²) in [6, 6.07) is 14.5. The molecule has 0 spiro atoms. The third kappa shape index (κ3) is 2.58. The van der Waals surface area contributed by atoms with Crippen LogP contribution in [0.2, 0.25) is 0 Å². The van der Waals surface area contributed by atoms with Crippen molar-refractivity contribution < 1.29 is 19.1 Å². The zero-order chi connectivity index (χ0) is 20.1. The number of Topliss-reactive ketones (excluding diaryl/α,β-unsaturated/α-hetero) is 2. The fourth-order valence-corrected chi connectivity index (χ4v) is 4.60. The summed E-state index contributed by atoms with van der Waals surface area (Å²) in [6.45, 7) is 0. The van der Waals surface area contributed by atoms with Crippen molar-refractivity contribution >= 4 is 23.2 Å². The van der Waals surface area contributed by atoms with Gasteiger partial charge in [0.1, 0.15) is 0 Å². The molecule has 0 amide bonds. The minimum Gasteiger partial charge on any atom is -0.465 e. The van der Waals surface area contributed by atoms with Crippen molar-refractivity contribution in [1.82, 2.24) is 5.32 Å². The molecule has 0 fully saturated rings. The van der Waals surface area contributed by atoms with E-state index in [9.17, 15) is 14.4 Å². The number of rotatable bonds is 2. The van der Waals surface area contributed by atoms with Gasteiger partial charge in [-0.1, -0.05) is 36.4 Å². The van der Waals surface area contributed by atoms with Crippen molar-refractivity contribution in [3.8, 4) is 0 Å². The lowest BCUT2D eigenvalue weighted by molar-refractivity contribution is -0.116. The molecule has 29 heavy (non-hydrogen) atoms. The number of hydrogen-bond acceptors (Lipinski definition) is 5. The first-order valence-electron chi connectivity index (χ1n) is 9.70. The Morgan fingerprint density at radius 1 is 0.966 bits per heavy atom. The van der Waals surface area contributed by atoms with Crippen LogP contribution in [0.3, 0.4) is 0 Å². The van der Waals surface area contributed by atoms with Gasteiger partial charge in [0.25, 0.3) is 0 Å². The molecule has 1 heterocycles. The van der Waals surface area contributed by atoms with Crippen LogP contribution in [0, 0.1) is 0 Å². The van der Waals surface area contributed by atoms with E-state index in [2.05, 4.69) is 5.32 Å². The third-order valence-electron chi connectivity index (χ3n) is 5.93. The molecule has 3 aliphatic rings. The highest BCUT2D eigenvalue weighted by Crippen LogP contribution is 2.48. The van der Waals surface area contributed by atoms with Crippen LogP contribution in [0.1, 0.15) is 57.0 Å². The number of esters is 1. The molecule has 5 heteroatoms. The molecule has 0 saturated heterocycles. The molecule has 1 N–H and O–H groups in total. The van der Waals surface area contributed by atoms with E-state index in [1.807, 2.05) is 36.4 Å². The van der Waals surface area contributed by atoms with Gasteiger partial charge in [-0.2, -0.15) is 0 Å². The second-order valence-corrected chi connectivity index (χ2v) is 7.50. The van der Waals surface area contributed by atoms with Gasteiger partial charge in [-0.15, -0.1) is 0 Å². The molecule has 2 aromatic carbocycles. The molecule has 1 aliphatic heterocycles. The number of hydrogen-bond donors (Lipinski definition) is 1. The number of allylic oxidation sites excluding steroid dienone is 3. The molecule has 2 aromatic rings. The maximum absolute atomic E-state index is 13.3. The van der Waals surface area contributed by atoms with Crippen molar-refractivity contribution in [2.24, 2.45) is 0 Å². The highest BCUT2D eigenvalue weighted by molar-refractivity contribution is 6.23. The minimum atomic E-state index is -0.430. The van der Waals surface area contributed by atoms with Crippen LogP contribution in [-0.4, -0.2) is 24.6 Å². The smallest absolute Gasteiger partial charge is 0.337 e. The van der Waals surface area contributed by atoms with Gasteiger partial charge in [0, 0.05) is 40.3 Å². The second-order valence-electron chi connectivity index (χ2n) is 7.50. The minimum absolute atomic E-state index is 0.0462. The van der Waals surface area contributed by atoms with Crippen LogP contribution in [0.25, 0.3) is 5.70 Å². The number of dihydropyridines is 1. The summed E-state index contributed by atoms with van der Waals surface area (Å²) in [5, 5.41) is 3.42. The van der Waals surface area contributed by atoms with Gasteiger partial charge in [-0.05, 0) is 30.5 Å². The van der Waals surface area contributed by atoms with Crippen molar-refractivity contribution in [2.45, 2.75) is 25.2 Å². The lowest BCUT2D eigenvalue weighted by Crippen LogP contribution is -2.31. The molecule has 1 atom stereocenters. The number of methoxy groups -OCH3 is 1. The summed E-state index contributed by atoms with van der Waals surface area (Å²) in [6.07, 6.45) is 2.07. The maximum atomic E-state index is 13.3. The van der Waals surface area contributed by atoms with Crippen molar-refractivity contribution in [2.75, 3.05) is 7.11 Å². The Labute approximate surface area is 168 Å². The lowest BCUT2D eigenvalue weighted by Gasteiger charge is -2.33. The van der Waals surface area contributed by atoms with Gasteiger partial charge in [0.2, 0.25) is 0 Å². The largest absolute Gasteiger partial charge is 0.465 e.